The molecule has 1 rings (SSSR count). The third-order valence-corrected chi connectivity index (χ3v) is 2.65. The molecule has 0 spiro atoms. The quantitative estimate of drug-likeness (QED) is 0.721. The molecule has 1 aromatic carbocycles. The molecule has 0 aliphatic carbocycles. The van der Waals surface area contributed by atoms with Gasteiger partial charge in [0.15, 0.2) is 0 Å². The second-order valence-electron chi connectivity index (χ2n) is 4.31. The number of rotatable bonds is 5. The monoisotopic (exact) mass is 257 g/mol. The maximum atomic E-state index is 12.9. The standard InChI is InChI=1S/C12H17F2N3O/c1-11(16,9-5-3-2-4-6-9)10(18)17-8-12(13,14)7-15/h2-6H,7-8,15-16H2,1H3,(H,17,18). The maximum absolute atomic E-state index is 12.9. The number of halogens is 2. The minimum atomic E-state index is -3.12. The molecular weight excluding hydrogens is 240 g/mol. The molecule has 6 heteroatoms. The van der Waals surface area contributed by atoms with E-state index in [2.05, 4.69) is 5.32 Å². The van der Waals surface area contributed by atoms with Crippen molar-refractivity contribution in [2.24, 2.45) is 11.5 Å². The van der Waals surface area contributed by atoms with E-state index >= 15 is 0 Å². The number of nitrogens with one attached hydrogen (secondary N) is 1. The lowest BCUT2D eigenvalue weighted by molar-refractivity contribution is -0.127. The molecule has 0 bridgehead atoms. The van der Waals surface area contributed by atoms with E-state index in [0.717, 1.165) is 0 Å². The van der Waals surface area contributed by atoms with Gasteiger partial charge in [-0.3, -0.25) is 4.79 Å². The predicted octanol–water partition coefficient (Wildman–Crippen LogP) is 0.571. The van der Waals surface area contributed by atoms with Gasteiger partial charge in [0, 0.05) is 0 Å². The van der Waals surface area contributed by atoms with Crippen LogP contribution in [0.4, 0.5) is 8.78 Å². The van der Waals surface area contributed by atoms with Crippen molar-refractivity contribution in [3.63, 3.8) is 0 Å². The summed E-state index contributed by atoms with van der Waals surface area (Å²) < 4.78 is 25.8. The van der Waals surface area contributed by atoms with E-state index in [1.165, 1.54) is 6.92 Å². The van der Waals surface area contributed by atoms with E-state index in [9.17, 15) is 13.6 Å². The van der Waals surface area contributed by atoms with Crippen molar-refractivity contribution in [3.05, 3.63) is 35.9 Å². The lowest BCUT2D eigenvalue weighted by atomic mass is 9.92. The summed E-state index contributed by atoms with van der Waals surface area (Å²) >= 11 is 0. The fourth-order valence-electron chi connectivity index (χ4n) is 1.38. The van der Waals surface area contributed by atoms with Crippen molar-refractivity contribution in [1.82, 2.24) is 5.32 Å². The molecule has 100 valence electrons. The van der Waals surface area contributed by atoms with Crippen LogP contribution in [-0.4, -0.2) is 24.9 Å². The Morgan fingerprint density at radius 2 is 1.89 bits per heavy atom. The summed E-state index contributed by atoms with van der Waals surface area (Å²) in [4.78, 5) is 11.8. The zero-order chi connectivity index (χ0) is 13.8. The highest BCUT2D eigenvalue weighted by Gasteiger charge is 2.34. The summed E-state index contributed by atoms with van der Waals surface area (Å²) in [7, 11) is 0. The van der Waals surface area contributed by atoms with E-state index < -0.39 is 30.5 Å². The molecule has 0 aliphatic heterocycles. The second kappa shape index (κ2) is 5.41. The Kier molecular flexibility index (Phi) is 4.37. The number of hydrogen-bond donors (Lipinski definition) is 3. The van der Waals surface area contributed by atoms with Crippen LogP contribution in [0.5, 0.6) is 0 Å². The molecule has 0 saturated heterocycles. The van der Waals surface area contributed by atoms with Crippen LogP contribution in [0.1, 0.15) is 12.5 Å². The smallest absolute Gasteiger partial charge is 0.277 e. The van der Waals surface area contributed by atoms with Crippen LogP contribution >= 0.6 is 0 Å². The summed E-state index contributed by atoms with van der Waals surface area (Å²) in [6, 6.07) is 8.56. The van der Waals surface area contributed by atoms with Crippen molar-refractivity contribution in [1.29, 1.82) is 0 Å². The van der Waals surface area contributed by atoms with Crippen LogP contribution in [0.25, 0.3) is 0 Å². The first-order valence-electron chi connectivity index (χ1n) is 5.50. The van der Waals surface area contributed by atoms with Crippen LogP contribution in [0.2, 0.25) is 0 Å². The molecule has 0 fully saturated rings. The maximum Gasteiger partial charge on any atom is 0.277 e. The van der Waals surface area contributed by atoms with Gasteiger partial charge in [-0.05, 0) is 12.5 Å². The molecule has 1 aromatic rings. The van der Waals surface area contributed by atoms with E-state index in [0.29, 0.717) is 5.56 Å². The fourth-order valence-corrected chi connectivity index (χ4v) is 1.38. The first kappa shape index (κ1) is 14.5. The van der Waals surface area contributed by atoms with Crippen molar-refractivity contribution >= 4 is 5.91 Å². The van der Waals surface area contributed by atoms with Gasteiger partial charge in [-0.1, -0.05) is 30.3 Å². The Morgan fingerprint density at radius 1 is 1.33 bits per heavy atom. The molecule has 1 unspecified atom stereocenters. The van der Waals surface area contributed by atoms with Gasteiger partial charge in [-0.25, -0.2) is 8.78 Å². The van der Waals surface area contributed by atoms with Gasteiger partial charge < -0.3 is 16.8 Å². The number of hydrogen-bond acceptors (Lipinski definition) is 3. The lowest BCUT2D eigenvalue weighted by Gasteiger charge is -2.25. The number of alkyl halides is 2. The normalized spacial score (nSPS) is 14.9. The first-order valence-corrected chi connectivity index (χ1v) is 5.50. The van der Waals surface area contributed by atoms with E-state index in [1.54, 1.807) is 30.3 Å². The van der Waals surface area contributed by atoms with Gasteiger partial charge in [0.25, 0.3) is 5.92 Å². The Balaban J connectivity index is 2.72. The van der Waals surface area contributed by atoms with E-state index in [1.807, 2.05) is 0 Å². The molecule has 4 nitrogen and oxygen atoms in total. The summed E-state index contributed by atoms with van der Waals surface area (Å²) in [5, 5.41) is 2.12. The molecule has 0 aliphatic rings. The average molecular weight is 257 g/mol. The highest BCUT2D eigenvalue weighted by molar-refractivity contribution is 5.87. The third-order valence-electron chi connectivity index (χ3n) is 2.65. The summed E-state index contributed by atoms with van der Waals surface area (Å²) in [5.74, 6) is -3.79. The van der Waals surface area contributed by atoms with Crippen LogP contribution in [0.15, 0.2) is 30.3 Å². The van der Waals surface area contributed by atoms with Crippen LogP contribution < -0.4 is 16.8 Å². The Morgan fingerprint density at radius 3 is 2.39 bits per heavy atom. The molecule has 5 N–H and O–H groups in total. The highest BCUT2D eigenvalue weighted by Crippen LogP contribution is 2.18. The molecule has 0 saturated carbocycles. The van der Waals surface area contributed by atoms with E-state index in [4.69, 9.17) is 11.5 Å². The molecule has 0 aromatic heterocycles. The number of benzene rings is 1. The number of carbonyl (C=O) groups is 1. The number of nitrogens with two attached hydrogens (primary N) is 2. The highest BCUT2D eigenvalue weighted by atomic mass is 19.3. The van der Waals surface area contributed by atoms with Crippen LogP contribution in [-0.2, 0) is 10.3 Å². The summed E-state index contributed by atoms with van der Waals surface area (Å²) in [6.45, 7) is -0.167. The number of amides is 1. The zero-order valence-corrected chi connectivity index (χ0v) is 10.1. The fraction of sp³-hybridized carbons (Fsp3) is 0.417. The summed E-state index contributed by atoms with van der Waals surface area (Å²) in [6.07, 6.45) is 0. The number of carbonyl (C=O) groups excluding carboxylic acids is 1. The lowest BCUT2D eigenvalue weighted by Crippen LogP contribution is -2.52. The molecule has 1 amide bonds. The second-order valence-corrected chi connectivity index (χ2v) is 4.31. The first-order chi connectivity index (χ1) is 8.29. The van der Waals surface area contributed by atoms with Gasteiger partial charge in [0.05, 0.1) is 13.1 Å². The average Bonchev–Trinajstić information content (AvgIpc) is 2.37. The van der Waals surface area contributed by atoms with Crippen molar-refractivity contribution in [2.45, 2.75) is 18.4 Å². The molecule has 1 atom stereocenters. The van der Waals surface area contributed by atoms with Crippen LogP contribution in [0, 0.1) is 0 Å². The van der Waals surface area contributed by atoms with Gasteiger partial charge >= 0.3 is 0 Å². The van der Waals surface area contributed by atoms with Crippen molar-refractivity contribution in [2.75, 3.05) is 13.1 Å². The Hall–Kier alpha value is -1.53. The van der Waals surface area contributed by atoms with Gasteiger partial charge in [0.1, 0.15) is 5.54 Å². The Bertz CT molecular complexity index is 407. The SMILES string of the molecule is CC(N)(C(=O)NCC(F)(F)CN)c1ccccc1. The third kappa shape index (κ3) is 3.48. The van der Waals surface area contributed by atoms with E-state index in [-0.39, 0.29) is 0 Å². The topological polar surface area (TPSA) is 81.1 Å². The van der Waals surface area contributed by atoms with Gasteiger partial charge in [-0.15, -0.1) is 0 Å². The molecular formula is C12H17F2N3O. The minimum absolute atomic E-state index is 0.554. The largest absolute Gasteiger partial charge is 0.348 e. The predicted molar refractivity (Wildman–Crippen MR) is 65.0 cm³/mol. The van der Waals surface area contributed by atoms with Crippen molar-refractivity contribution in [3.8, 4) is 0 Å². The van der Waals surface area contributed by atoms with Crippen LogP contribution in [0.3, 0.4) is 0 Å². The molecule has 0 heterocycles. The zero-order valence-electron chi connectivity index (χ0n) is 10.1. The Labute approximate surface area is 104 Å². The minimum Gasteiger partial charge on any atom is -0.348 e. The van der Waals surface area contributed by atoms with Gasteiger partial charge in [0.2, 0.25) is 5.91 Å². The molecule has 0 radical (unpaired) electrons. The summed E-state index contributed by atoms with van der Waals surface area (Å²) in [5.41, 5.74) is 9.94. The van der Waals surface area contributed by atoms with Crippen molar-refractivity contribution < 1.29 is 13.6 Å². The van der Waals surface area contributed by atoms with Gasteiger partial charge in [-0.2, -0.15) is 0 Å². The molecule has 18 heavy (non-hydrogen) atoms.